The van der Waals surface area contributed by atoms with Crippen molar-refractivity contribution in [1.82, 2.24) is 10.3 Å². The Bertz CT molecular complexity index is 981. The molecule has 1 aliphatic rings. The van der Waals surface area contributed by atoms with E-state index in [2.05, 4.69) is 10.3 Å². The van der Waals surface area contributed by atoms with Gasteiger partial charge in [0, 0.05) is 34.1 Å². The van der Waals surface area contributed by atoms with Gasteiger partial charge in [0.2, 0.25) is 0 Å². The highest BCUT2D eigenvalue weighted by molar-refractivity contribution is 6.30. The van der Waals surface area contributed by atoms with Crippen molar-refractivity contribution in [2.24, 2.45) is 0 Å². The minimum atomic E-state index is -0.582. The quantitative estimate of drug-likeness (QED) is 0.701. The number of amides is 1. The zero-order valence-electron chi connectivity index (χ0n) is 15.2. The molecular formula is C21H21ClN2O3. The molecule has 0 fully saturated rings. The van der Waals surface area contributed by atoms with Gasteiger partial charge in [-0.1, -0.05) is 11.6 Å². The third-order valence-corrected chi connectivity index (χ3v) is 5.20. The summed E-state index contributed by atoms with van der Waals surface area (Å²) in [6.45, 7) is 1.75. The number of benzene rings is 2. The van der Waals surface area contributed by atoms with Crippen molar-refractivity contribution >= 4 is 28.4 Å². The fourth-order valence-electron chi connectivity index (χ4n) is 3.57. The van der Waals surface area contributed by atoms with Crippen molar-refractivity contribution in [3.8, 4) is 11.5 Å². The first-order chi connectivity index (χ1) is 13.0. The lowest BCUT2D eigenvalue weighted by Gasteiger charge is -2.18. The van der Waals surface area contributed by atoms with E-state index in [1.54, 1.807) is 38.3 Å². The molecule has 27 heavy (non-hydrogen) atoms. The maximum atomic E-state index is 12.5. The average molecular weight is 385 g/mol. The van der Waals surface area contributed by atoms with Crippen LogP contribution in [0, 0.1) is 0 Å². The molecular weight excluding hydrogens is 364 g/mol. The van der Waals surface area contributed by atoms with Gasteiger partial charge in [-0.3, -0.25) is 4.79 Å². The summed E-state index contributed by atoms with van der Waals surface area (Å²) >= 11 is 5.87. The van der Waals surface area contributed by atoms with E-state index < -0.39 is 6.10 Å². The Kier molecular flexibility index (Phi) is 4.70. The number of halogens is 1. The van der Waals surface area contributed by atoms with Crippen LogP contribution in [0.25, 0.3) is 10.9 Å². The minimum Gasteiger partial charge on any atom is -0.497 e. The van der Waals surface area contributed by atoms with Crippen molar-refractivity contribution in [3.05, 3.63) is 58.7 Å². The van der Waals surface area contributed by atoms with E-state index in [1.165, 1.54) is 11.3 Å². The van der Waals surface area contributed by atoms with E-state index in [0.717, 1.165) is 29.5 Å². The highest BCUT2D eigenvalue weighted by Gasteiger charge is 2.28. The van der Waals surface area contributed by atoms with E-state index in [1.807, 2.05) is 18.2 Å². The molecule has 1 amide bonds. The lowest BCUT2D eigenvalue weighted by Crippen LogP contribution is -2.43. The first-order valence-electron chi connectivity index (χ1n) is 8.93. The van der Waals surface area contributed by atoms with Crippen LogP contribution in [-0.4, -0.2) is 30.1 Å². The molecule has 0 bridgehead atoms. The molecule has 0 radical (unpaired) electrons. The molecule has 2 atom stereocenters. The highest BCUT2D eigenvalue weighted by Crippen LogP contribution is 2.32. The largest absolute Gasteiger partial charge is 0.497 e. The van der Waals surface area contributed by atoms with Gasteiger partial charge >= 0.3 is 0 Å². The van der Waals surface area contributed by atoms with E-state index >= 15 is 0 Å². The topological polar surface area (TPSA) is 63.3 Å². The predicted molar refractivity (Wildman–Crippen MR) is 106 cm³/mol. The van der Waals surface area contributed by atoms with Gasteiger partial charge in [0.15, 0.2) is 6.10 Å². The number of carbonyl (C=O) groups is 1. The molecule has 2 N–H and O–H groups in total. The Hall–Kier alpha value is -2.66. The van der Waals surface area contributed by atoms with Crippen molar-refractivity contribution in [1.29, 1.82) is 0 Å². The Morgan fingerprint density at radius 2 is 1.93 bits per heavy atom. The number of nitrogens with one attached hydrogen (secondary N) is 2. The molecule has 0 aliphatic heterocycles. The summed E-state index contributed by atoms with van der Waals surface area (Å²) in [5.74, 6) is 1.33. The summed E-state index contributed by atoms with van der Waals surface area (Å²) in [4.78, 5) is 16.0. The molecule has 0 saturated carbocycles. The number of ether oxygens (including phenoxy) is 2. The number of carbonyl (C=O) groups excluding carboxylic acids is 1. The standard InChI is InChI=1S/C21H21ClN2O3/c1-12(27-15-5-3-13(22)4-6-15)21(25)23-14-9-17-18-11-16(26-2)7-8-19(18)24-20(17)10-14/h3-8,11-12,14,24H,9-10H2,1-2H3,(H,23,25). The van der Waals surface area contributed by atoms with Crippen LogP contribution in [0.15, 0.2) is 42.5 Å². The molecule has 0 saturated heterocycles. The van der Waals surface area contributed by atoms with E-state index in [9.17, 15) is 4.79 Å². The Morgan fingerprint density at radius 1 is 1.19 bits per heavy atom. The normalized spacial score (nSPS) is 16.8. The Morgan fingerprint density at radius 3 is 2.67 bits per heavy atom. The molecule has 2 aromatic carbocycles. The van der Waals surface area contributed by atoms with Crippen LogP contribution < -0.4 is 14.8 Å². The maximum Gasteiger partial charge on any atom is 0.261 e. The van der Waals surface area contributed by atoms with Crippen molar-refractivity contribution in [3.63, 3.8) is 0 Å². The minimum absolute atomic E-state index is 0.0608. The second kappa shape index (κ2) is 7.16. The number of methoxy groups -OCH3 is 1. The van der Waals surface area contributed by atoms with E-state index in [0.29, 0.717) is 10.8 Å². The molecule has 1 aromatic heterocycles. The van der Waals surface area contributed by atoms with Crippen molar-refractivity contribution in [2.45, 2.75) is 31.9 Å². The van der Waals surface area contributed by atoms with Crippen LogP contribution in [0.4, 0.5) is 0 Å². The number of rotatable bonds is 5. The van der Waals surface area contributed by atoms with Gasteiger partial charge in [0.25, 0.3) is 5.91 Å². The summed E-state index contributed by atoms with van der Waals surface area (Å²) in [7, 11) is 1.67. The van der Waals surface area contributed by atoms with Crippen LogP contribution in [-0.2, 0) is 17.6 Å². The lowest BCUT2D eigenvalue weighted by atomic mass is 10.1. The second-order valence-electron chi connectivity index (χ2n) is 6.82. The number of hydrogen-bond donors (Lipinski definition) is 2. The van der Waals surface area contributed by atoms with E-state index in [-0.39, 0.29) is 11.9 Å². The second-order valence-corrected chi connectivity index (χ2v) is 7.26. The summed E-state index contributed by atoms with van der Waals surface area (Å²) < 4.78 is 11.0. The Labute approximate surface area is 162 Å². The van der Waals surface area contributed by atoms with Crippen LogP contribution in [0.3, 0.4) is 0 Å². The molecule has 4 rings (SSSR count). The van der Waals surface area contributed by atoms with E-state index in [4.69, 9.17) is 21.1 Å². The van der Waals surface area contributed by atoms with Crippen LogP contribution in [0.2, 0.25) is 5.02 Å². The third-order valence-electron chi connectivity index (χ3n) is 4.94. The zero-order valence-corrected chi connectivity index (χ0v) is 16.0. The summed E-state index contributed by atoms with van der Waals surface area (Å²) in [6.07, 6.45) is 0.996. The summed E-state index contributed by atoms with van der Waals surface area (Å²) in [6, 6.07) is 13.1. The van der Waals surface area contributed by atoms with Gasteiger partial charge in [-0.2, -0.15) is 0 Å². The smallest absolute Gasteiger partial charge is 0.261 e. The maximum absolute atomic E-state index is 12.5. The number of hydrogen-bond acceptors (Lipinski definition) is 3. The first-order valence-corrected chi connectivity index (χ1v) is 9.31. The van der Waals surface area contributed by atoms with Crippen molar-refractivity contribution in [2.75, 3.05) is 7.11 Å². The molecule has 5 nitrogen and oxygen atoms in total. The zero-order chi connectivity index (χ0) is 19.0. The molecule has 140 valence electrons. The van der Waals surface area contributed by atoms with Crippen LogP contribution >= 0.6 is 11.6 Å². The average Bonchev–Trinajstić information content (AvgIpc) is 3.20. The fraction of sp³-hybridized carbons (Fsp3) is 0.286. The first kappa shape index (κ1) is 17.7. The van der Waals surface area contributed by atoms with Gasteiger partial charge in [-0.05, 0) is 61.4 Å². The number of aromatic amines is 1. The van der Waals surface area contributed by atoms with Crippen molar-refractivity contribution < 1.29 is 14.3 Å². The number of H-pyrrole nitrogens is 1. The summed E-state index contributed by atoms with van der Waals surface area (Å²) in [5, 5.41) is 4.89. The van der Waals surface area contributed by atoms with Gasteiger partial charge in [-0.15, -0.1) is 0 Å². The monoisotopic (exact) mass is 384 g/mol. The van der Waals surface area contributed by atoms with Gasteiger partial charge in [0.05, 0.1) is 7.11 Å². The molecule has 1 heterocycles. The predicted octanol–water partition coefficient (Wildman–Crippen LogP) is 3.88. The van der Waals surface area contributed by atoms with Gasteiger partial charge in [0.1, 0.15) is 11.5 Å². The molecule has 3 aromatic rings. The Balaban J connectivity index is 1.41. The highest BCUT2D eigenvalue weighted by atomic mass is 35.5. The molecule has 1 aliphatic carbocycles. The molecule has 2 unspecified atom stereocenters. The number of aromatic nitrogens is 1. The number of fused-ring (bicyclic) bond motifs is 3. The molecule has 6 heteroatoms. The third kappa shape index (κ3) is 3.60. The van der Waals surface area contributed by atoms with Gasteiger partial charge < -0.3 is 19.8 Å². The summed E-state index contributed by atoms with van der Waals surface area (Å²) in [5.41, 5.74) is 3.53. The van der Waals surface area contributed by atoms with Crippen LogP contribution in [0.1, 0.15) is 18.2 Å². The van der Waals surface area contributed by atoms with Crippen LogP contribution in [0.5, 0.6) is 11.5 Å². The van der Waals surface area contributed by atoms with Gasteiger partial charge in [-0.25, -0.2) is 0 Å². The molecule has 0 spiro atoms. The SMILES string of the molecule is COc1ccc2[nH]c3c(c2c1)CC(NC(=O)C(C)Oc1ccc(Cl)cc1)C3. The lowest BCUT2D eigenvalue weighted by molar-refractivity contribution is -0.127. The fourth-order valence-corrected chi connectivity index (χ4v) is 3.70.